The second kappa shape index (κ2) is 6.68. The lowest BCUT2D eigenvalue weighted by atomic mass is 9.87. The summed E-state index contributed by atoms with van der Waals surface area (Å²) in [6, 6.07) is 4.92. The van der Waals surface area contributed by atoms with Gasteiger partial charge in [-0.25, -0.2) is 0 Å². The van der Waals surface area contributed by atoms with E-state index >= 15 is 0 Å². The van der Waals surface area contributed by atoms with Crippen molar-refractivity contribution in [2.45, 2.75) is 38.5 Å². The third-order valence-corrected chi connectivity index (χ3v) is 4.15. The lowest BCUT2D eigenvalue weighted by molar-refractivity contribution is -0.123. The van der Waals surface area contributed by atoms with Crippen molar-refractivity contribution in [1.82, 2.24) is 10.9 Å². The molecule has 118 valence electrons. The van der Waals surface area contributed by atoms with Crippen LogP contribution >= 0.6 is 0 Å². The van der Waals surface area contributed by atoms with Gasteiger partial charge in [-0.3, -0.25) is 20.4 Å². The molecule has 0 spiro atoms. The van der Waals surface area contributed by atoms with Crippen LogP contribution in [0.4, 0.5) is 0 Å². The first kappa shape index (κ1) is 14.7. The molecule has 1 aromatic rings. The van der Waals surface area contributed by atoms with E-state index in [1.165, 1.54) is 19.3 Å². The van der Waals surface area contributed by atoms with Crippen LogP contribution in [0.25, 0.3) is 0 Å². The summed E-state index contributed by atoms with van der Waals surface area (Å²) in [7, 11) is 0. The van der Waals surface area contributed by atoms with E-state index in [4.69, 9.17) is 9.47 Å². The van der Waals surface area contributed by atoms with Crippen LogP contribution in [0, 0.1) is 5.92 Å². The fourth-order valence-corrected chi connectivity index (χ4v) is 2.94. The number of hydrogen-bond acceptors (Lipinski definition) is 4. The lowest BCUT2D eigenvalue weighted by Crippen LogP contribution is -2.42. The third kappa shape index (κ3) is 3.50. The van der Waals surface area contributed by atoms with Gasteiger partial charge >= 0.3 is 0 Å². The quantitative estimate of drug-likeness (QED) is 0.839. The third-order valence-electron chi connectivity index (χ3n) is 4.15. The number of fused-ring (bicyclic) bond motifs is 1. The average molecular weight is 304 g/mol. The van der Waals surface area contributed by atoms with Gasteiger partial charge in [0.2, 0.25) is 12.7 Å². The Morgan fingerprint density at radius 3 is 2.64 bits per heavy atom. The second-order valence-electron chi connectivity index (χ2n) is 5.78. The summed E-state index contributed by atoms with van der Waals surface area (Å²) in [5, 5.41) is 0. The van der Waals surface area contributed by atoms with Crippen molar-refractivity contribution < 1.29 is 19.1 Å². The lowest BCUT2D eigenvalue weighted by Gasteiger charge is -2.20. The van der Waals surface area contributed by atoms with Crippen molar-refractivity contribution in [1.29, 1.82) is 0 Å². The highest BCUT2D eigenvalue weighted by Gasteiger charge is 2.19. The van der Waals surface area contributed by atoms with Gasteiger partial charge in [0.15, 0.2) is 11.5 Å². The maximum absolute atomic E-state index is 12.0. The largest absolute Gasteiger partial charge is 0.454 e. The molecule has 6 heteroatoms. The molecule has 1 fully saturated rings. The van der Waals surface area contributed by atoms with E-state index in [0.29, 0.717) is 29.4 Å². The molecular formula is C16H20N2O4. The zero-order valence-corrected chi connectivity index (χ0v) is 12.4. The number of ether oxygens (including phenoxy) is 2. The summed E-state index contributed by atoms with van der Waals surface area (Å²) in [4.78, 5) is 23.9. The molecule has 2 N–H and O–H groups in total. The maximum Gasteiger partial charge on any atom is 0.269 e. The summed E-state index contributed by atoms with van der Waals surface area (Å²) in [6.07, 6.45) is 6.33. The van der Waals surface area contributed by atoms with Crippen LogP contribution < -0.4 is 20.3 Å². The Labute approximate surface area is 129 Å². The van der Waals surface area contributed by atoms with E-state index in [0.717, 1.165) is 12.8 Å². The Morgan fingerprint density at radius 2 is 1.82 bits per heavy atom. The van der Waals surface area contributed by atoms with Crippen LogP contribution in [0.15, 0.2) is 18.2 Å². The van der Waals surface area contributed by atoms with Crippen molar-refractivity contribution in [3.63, 3.8) is 0 Å². The van der Waals surface area contributed by atoms with E-state index in [2.05, 4.69) is 10.9 Å². The molecule has 0 radical (unpaired) electrons. The van der Waals surface area contributed by atoms with Gasteiger partial charge in [0.1, 0.15) is 0 Å². The monoisotopic (exact) mass is 304 g/mol. The van der Waals surface area contributed by atoms with Crippen molar-refractivity contribution in [2.75, 3.05) is 6.79 Å². The van der Waals surface area contributed by atoms with E-state index in [1.54, 1.807) is 18.2 Å². The summed E-state index contributed by atoms with van der Waals surface area (Å²) in [6.45, 7) is 0.165. The highest BCUT2D eigenvalue weighted by atomic mass is 16.7. The molecule has 0 bridgehead atoms. The Morgan fingerprint density at radius 1 is 1.05 bits per heavy atom. The van der Waals surface area contributed by atoms with Crippen LogP contribution in [0.2, 0.25) is 0 Å². The number of hydrogen-bond donors (Lipinski definition) is 2. The van der Waals surface area contributed by atoms with Crippen molar-refractivity contribution in [3.05, 3.63) is 23.8 Å². The van der Waals surface area contributed by atoms with Gasteiger partial charge in [-0.2, -0.15) is 0 Å². The van der Waals surface area contributed by atoms with Crippen molar-refractivity contribution >= 4 is 11.8 Å². The SMILES string of the molecule is O=C(CC1CCCCC1)NNC(=O)c1ccc2c(c1)OCO2. The Balaban J connectivity index is 1.48. The molecule has 1 heterocycles. The minimum Gasteiger partial charge on any atom is -0.454 e. The molecule has 1 saturated carbocycles. The maximum atomic E-state index is 12.0. The number of hydrazine groups is 1. The van der Waals surface area contributed by atoms with Gasteiger partial charge < -0.3 is 9.47 Å². The standard InChI is InChI=1S/C16H20N2O4/c19-15(8-11-4-2-1-3-5-11)17-18-16(20)12-6-7-13-14(9-12)22-10-21-13/h6-7,9,11H,1-5,8,10H2,(H,17,19)(H,18,20). The number of carbonyl (C=O) groups is 2. The predicted molar refractivity (Wildman–Crippen MR) is 79.4 cm³/mol. The zero-order valence-electron chi connectivity index (χ0n) is 12.4. The zero-order chi connectivity index (χ0) is 15.4. The average Bonchev–Trinajstić information content (AvgIpc) is 3.01. The molecule has 0 unspecified atom stereocenters. The Bertz CT molecular complexity index is 567. The molecule has 1 aliphatic carbocycles. The molecule has 22 heavy (non-hydrogen) atoms. The van der Waals surface area contributed by atoms with Crippen LogP contribution in [0.5, 0.6) is 11.5 Å². The van der Waals surface area contributed by atoms with Gasteiger partial charge in [0.05, 0.1) is 0 Å². The summed E-state index contributed by atoms with van der Waals surface area (Å²) in [5.41, 5.74) is 5.35. The summed E-state index contributed by atoms with van der Waals surface area (Å²) >= 11 is 0. The Kier molecular flexibility index (Phi) is 4.46. The molecule has 2 amide bonds. The minimum absolute atomic E-state index is 0.138. The number of carbonyl (C=O) groups excluding carboxylic acids is 2. The van der Waals surface area contributed by atoms with Gasteiger partial charge in [0, 0.05) is 12.0 Å². The minimum atomic E-state index is -0.365. The molecule has 2 aliphatic rings. The van der Waals surface area contributed by atoms with Crippen molar-refractivity contribution in [3.8, 4) is 11.5 Å². The summed E-state index contributed by atoms with van der Waals surface area (Å²) in [5.74, 6) is 1.10. The van der Waals surface area contributed by atoms with Gasteiger partial charge in [-0.05, 0) is 37.0 Å². The van der Waals surface area contributed by atoms with Crippen LogP contribution in [0.3, 0.4) is 0 Å². The van der Waals surface area contributed by atoms with E-state index in [-0.39, 0.29) is 18.6 Å². The molecular weight excluding hydrogens is 284 g/mol. The molecule has 1 aliphatic heterocycles. The normalized spacial score (nSPS) is 17.1. The first-order valence-electron chi connectivity index (χ1n) is 7.71. The topological polar surface area (TPSA) is 76.7 Å². The van der Waals surface area contributed by atoms with Gasteiger partial charge in [-0.15, -0.1) is 0 Å². The number of nitrogens with one attached hydrogen (secondary N) is 2. The number of amides is 2. The first-order chi connectivity index (χ1) is 10.7. The molecule has 1 aromatic carbocycles. The smallest absolute Gasteiger partial charge is 0.269 e. The molecule has 0 atom stereocenters. The number of rotatable bonds is 3. The van der Waals surface area contributed by atoms with E-state index in [1.807, 2.05) is 0 Å². The Hall–Kier alpha value is -2.24. The van der Waals surface area contributed by atoms with Gasteiger partial charge in [0.25, 0.3) is 5.91 Å². The van der Waals surface area contributed by atoms with E-state index < -0.39 is 0 Å². The predicted octanol–water partition coefficient (Wildman–Crippen LogP) is 2.15. The van der Waals surface area contributed by atoms with Crippen LogP contribution in [-0.4, -0.2) is 18.6 Å². The molecule has 3 rings (SSSR count). The highest BCUT2D eigenvalue weighted by Crippen LogP contribution is 2.32. The van der Waals surface area contributed by atoms with Crippen LogP contribution in [-0.2, 0) is 4.79 Å². The van der Waals surface area contributed by atoms with E-state index in [9.17, 15) is 9.59 Å². The molecule has 0 saturated heterocycles. The number of benzene rings is 1. The second-order valence-corrected chi connectivity index (χ2v) is 5.78. The fraction of sp³-hybridized carbons (Fsp3) is 0.500. The molecule has 6 nitrogen and oxygen atoms in total. The van der Waals surface area contributed by atoms with Gasteiger partial charge in [-0.1, -0.05) is 19.3 Å². The molecule has 0 aromatic heterocycles. The highest BCUT2D eigenvalue weighted by molar-refractivity contribution is 5.96. The fourth-order valence-electron chi connectivity index (χ4n) is 2.94. The summed E-state index contributed by atoms with van der Waals surface area (Å²) < 4.78 is 10.4. The van der Waals surface area contributed by atoms with Crippen LogP contribution in [0.1, 0.15) is 48.9 Å². The van der Waals surface area contributed by atoms with Crippen molar-refractivity contribution in [2.24, 2.45) is 5.92 Å². The first-order valence-corrected chi connectivity index (χ1v) is 7.71.